The number of carbonyl (C=O) groups is 2. The van der Waals surface area contributed by atoms with Crippen LogP contribution in [0, 0.1) is 0 Å². The van der Waals surface area contributed by atoms with Gasteiger partial charge in [-0.25, -0.2) is 9.78 Å². The van der Waals surface area contributed by atoms with Crippen molar-refractivity contribution in [2.24, 2.45) is 0 Å². The smallest absolute Gasteiger partial charge is 0.354 e. The van der Waals surface area contributed by atoms with Crippen molar-refractivity contribution in [3.8, 4) is 0 Å². The Kier molecular flexibility index (Phi) is 4.57. The Balaban J connectivity index is 1.78. The van der Waals surface area contributed by atoms with Crippen LogP contribution < -0.4 is 0 Å². The predicted molar refractivity (Wildman–Crippen MR) is 86.8 cm³/mol. The first-order valence-corrected chi connectivity index (χ1v) is 7.73. The highest BCUT2D eigenvalue weighted by atomic mass is 16.5. The van der Waals surface area contributed by atoms with E-state index in [2.05, 4.69) is 4.98 Å². The Morgan fingerprint density at radius 1 is 1.21 bits per heavy atom. The topological polar surface area (TPSA) is 79.7 Å². The molecule has 1 saturated heterocycles. The van der Waals surface area contributed by atoms with Crippen LogP contribution in [0.25, 0.3) is 0 Å². The first kappa shape index (κ1) is 16.1. The summed E-state index contributed by atoms with van der Waals surface area (Å²) < 4.78 is 5.86. The molecule has 6 heteroatoms. The minimum atomic E-state index is -1.11. The zero-order chi connectivity index (χ0) is 17.1. The van der Waals surface area contributed by atoms with Crippen molar-refractivity contribution >= 4 is 11.9 Å². The lowest BCUT2D eigenvalue weighted by Gasteiger charge is -2.38. The van der Waals surface area contributed by atoms with Gasteiger partial charge in [-0.2, -0.15) is 0 Å². The number of amides is 1. The van der Waals surface area contributed by atoms with Crippen molar-refractivity contribution in [2.75, 3.05) is 13.2 Å². The van der Waals surface area contributed by atoms with E-state index < -0.39 is 5.97 Å². The number of aromatic nitrogens is 1. The molecule has 0 radical (unpaired) electrons. The third kappa shape index (κ3) is 3.28. The van der Waals surface area contributed by atoms with Crippen LogP contribution in [0.4, 0.5) is 0 Å². The number of nitrogens with zero attached hydrogens (tertiary/aromatic N) is 2. The predicted octanol–water partition coefficient (Wildman–Crippen LogP) is 2.38. The van der Waals surface area contributed by atoms with Crippen molar-refractivity contribution in [1.29, 1.82) is 0 Å². The molecule has 1 aromatic carbocycles. The van der Waals surface area contributed by atoms with E-state index in [1.165, 1.54) is 18.3 Å². The maximum atomic E-state index is 12.8. The average Bonchev–Trinajstić information content (AvgIpc) is 2.62. The number of aromatic carboxylic acids is 1. The zero-order valence-corrected chi connectivity index (χ0v) is 13.3. The SMILES string of the molecule is C[C@@H]1CO[C@@H](c2ccccc2)CN1C(=O)c1ccc(C(=O)O)nc1. The maximum Gasteiger partial charge on any atom is 0.354 e. The monoisotopic (exact) mass is 326 g/mol. The van der Waals surface area contributed by atoms with Gasteiger partial charge in [0.25, 0.3) is 5.91 Å². The van der Waals surface area contributed by atoms with Crippen LogP contribution in [0.2, 0.25) is 0 Å². The largest absolute Gasteiger partial charge is 0.477 e. The van der Waals surface area contributed by atoms with Crippen molar-refractivity contribution < 1.29 is 19.4 Å². The Morgan fingerprint density at radius 2 is 1.96 bits per heavy atom. The Bertz CT molecular complexity index is 730. The Morgan fingerprint density at radius 3 is 2.58 bits per heavy atom. The molecular formula is C18H18N2O4. The lowest BCUT2D eigenvalue weighted by molar-refractivity contribution is -0.0486. The van der Waals surface area contributed by atoms with E-state index in [1.807, 2.05) is 37.3 Å². The third-order valence-electron chi connectivity index (χ3n) is 4.09. The minimum absolute atomic E-state index is 0.0587. The molecule has 1 aliphatic rings. The second-order valence-corrected chi connectivity index (χ2v) is 5.78. The van der Waals surface area contributed by atoms with Crippen LogP contribution in [-0.2, 0) is 4.74 Å². The lowest BCUT2D eigenvalue weighted by atomic mass is 10.1. The summed E-state index contributed by atoms with van der Waals surface area (Å²) in [5.74, 6) is -1.28. The fourth-order valence-electron chi connectivity index (χ4n) is 2.72. The summed E-state index contributed by atoms with van der Waals surface area (Å²) in [6, 6.07) is 12.6. The second kappa shape index (κ2) is 6.80. The van der Waals surface area contributed by atoms with Crippen LogP contribution in [0.3, 0.4) is 0 Å². The zero-order valence-electron chi connectivity index (χ0n) is 13.3. The summed E-state index contributed by atoms with van der Waals surface area (Å²) in [5.41, 5.74) is 1.32. The molecule has 0 saturated carbocycles. The van der Waals surface area contributed by atoms with Gasteiger partial charge in [0.05, 0.1) is 24.8 Å². The summed E-state index contributed by atoms with van der Waals surface area (Å²) in [4.78, 5) is 29.2. The van der Waals surface area contributed by atoms with Crippen LogP contribution in [0.1, 0.15) is 39.4 Å². The van der Waals surface area contributed by atoms with Crippen LogP contribution in [0.5, 0.6) is 0 Å². The maximum absolute atomic E-state index is 12.8. The summed E-state index contributed by atoms with van der Waals surface area (Å²) in [7, 11) is 0. The molecular weight excluding hydrogens is 308 g/mol. The summed E-state index contributed by atoms with van der Waals surface area (Å²) in [6.07, 6.45) is 1.14. The van der Waals surface area contributed by atoms with Crippen LogP contribution >= 0.6 is 0 Å². The fourth-order valence-corrected chi connectivity index (χ4v) is 2.72. The van der Waals surface area contributed by atoms with E-state index in [-0.39, 0.29) is 23.7 Å². The summed E-state index contributed by atoms with van der Waals surface area (Å²) >= 11 is 0. The molecule has 0 spiro atoms. The first-order valence-electron chi connectivity index (χ1n) is 7.73. The highest BCUT2D eigenvalue weighted by molar-refractivity contribution is 5.95. The van der Waals surface area contributed by atoms with Gasteiger partial charge >= 0.3 is 5.97 Å². The van der Waals surface area contributed by atoms with Crippen LogP contribution in [-0.4, -0.2) is 46.1 Å². The van der Waals surface area contributed by atoms with Gasteiger partial charge in [0, 0.05) is 6.20 Å². The van der Waals surface area contributed by atoms with Gasteiger partial charge in [-0.05, 0) is 24.6 Å². The molecule has 1 aromatic heterocycles. The molecule has 2 aromatic rings. The average molecular weight is 326 g/mol. The van der Waals surface area contributed by atoms with Crippen molar-refractivity contribution in [3.05, 3.63) is 65.5 Å². The summed E-state index contributed by atoms with van der Waals surface area (Å²) in [6.45, 7) is 2.83. The van der Waals surface area contributed by atoms with Gasteiger partial charge in [0.1, 0.15) is 11.8 Å². The number of morpholine rings is 1. The van der Waals surface area contributed by atoms with E-state index in [0.29, 0.717) is 18.7 Å². The van der Waals surface area contributed by atoms with E-state index in [1.54, 1.807) is 4.90 Å². The Hall–Kier alpha value is -2.73. The van der Waals surface area contributed by atoms with E-state index in [4.69, 9.17) is 9.84 Å². The number of hydrogen-bond donors (Lipinski definition) is 1. The molecule has 0 unspecified atom stereocenters. The molecule has 1 amide bonds. The van der Waals surface area contributed by atoms with Gasteiger partial charge in [0.2, 0.25) is 0 Å². The van der Waals surface area contributed by atoms with E-state index in [9.17, 15) is 9.59 Å². The molecule has 1 aliphatic heterocycles. The fraction of sp³-hybridized carbons (Fsp3) is 0.278. The van der Waals surface area contributed by atoms with Gasteiger partial charge < -0.3 is 14.7 Å². The molecule has 24 heavy (non-hydrogen) atoms. The molecule has 0 bridgehead atoms. The number of ether oxygens (including phenoxy) is 1. The second-order valence-electron chi connectivity index (χ2n) is 5.78. The number of carboxylic acids is 1. The van der Waals surface area contributed by atoms with Gasteiger partial charge in [-0.1, -0.05) is 30.3 Å². The highest BCUT2D eigenvalue weighted by Gasteiger charge is 2.31. The number of benzene rings is 1. The van der Waals surface area contributed by atoms with Gasteiger partial charge in [0.15, 0.2) is 0 Å². The molecule has 2 atom stereocenters. The normalized spacial score (nSPS) is 20.6. The third-order valence-corrected chi connectivity index (χ3v) is 4.09. The van der Waals surface area contributed by atoms with Crippen molar-refractivity contribution in [3.63, 3.8) is 0 Å². The number of hydrogen-bond acceptors (Lipinski definition) is 4. The molecule has 124 valence electrons. The first-order chi connectivity index (χ1) is 11.6. The number of rotatable bonds is 3. The Labute approximate surface area is 139 Å². The van der Waals surface area contributed by atoms with Crippen LogP contribution in [0.15, 0.2) is 48.7 Å². The van der Waals surface area contributed by atoms with Crippen molar-refractivity contribution in [2.45, 2.75) is 19.1 Å². The molecule has 1 N–H and O–H groups in total. The standard InChI is InChI=1S/C18H18N2O4/c1-12-11-24-16(13-5-3-2-4-6-13)10-20(12)17(21)14-7-8-15(18(22)23)19-9-14/h2-9,12,16H,10-11H2,1H3,(H,22,23)/t12-,16-/m1/s1. The minimum Gasteiger partial charge on any atom is -0.477 e. The van der Waals surface area contributed by atoms with E-state index in [0.717, 1.165) is 5.56 Å². The molecule has 2 heterocycles. The van der Waals surface area contributed by atoms with Gasteiger partial charge in [-0.3, -0.25) is 4.79 Å². The number of carboxylic acid groups (broad SMARTS) is 1. The number of pyridine rings is 1. The highest BCUT2D eigenvalue weighted by Crippen LogP contribution is 2.25. The lowest BCUT2D eigenvalue weighted by Crippen LogP contribution is -2.48. The van der Waals surface area contributed by atoms with Gasteiger partial charge in [-0.15, -0.1) is 0 Å². The molecule has 6 nitrogen and oxygen atoms in total. The molecule has 3 rings (SSSR count). The van der Waals surface area contributed by atoms with E-state index >= 15 is 0 Å². The quantitative estimate of drug-likeness (QED) is 0.937. The molecule has 1 fully saturated rings. The number of carbonyl (C=O) groups excluding carboxylic acids is 1. The molecule has 0 aliphatic carbocycles. The summed E-state index contributed by atoms with van der Waals surface area (Å²) in [5, 5.41) is 8.89. The van der Waals surface area contributed by atoms with Crippen molar-refractivity contribution in [1.82, 2.24) is 9.88 Å².